The highest BCUT2D eigenvalue weighted by atomic mass is 32.2. The molecule has 2 aromatic heterocycles. The fraction of sp³-hybridized carbons (Fsp3) is 0.444. The summed E-state index contributed by atoms with van der Waals surface area (Å²) in [6, 6.07) is 4.11. The molecule has 3 rings (SSSR count). The average molecular weight is 313 g/mol. The Morgan fingerprint density at radius 1 is 1.36 bits per heavy atom. The van der Waals surface area contributed by atoms with Gasteiger partial charge in [0.05, 0.1) is 23.3 Å². The largest absolute Gasteiger partial charge is 0.290 e. The van der Waals surface area contributed by atoms with Gasteiger partial charge in [-0.15, -0.1) is 0 Å². The van der Waals surface area contributed by atoms with E-state index in [9.17, 15) is 0 Å². The number of imidazole rings is 1. The van der Waals surface area contributed by atoms with Crippen molar-refractivity contribution < 1.29 is 0 Å². The van der Waals surface area contributed by atoms with Crippen LogP contribution in [0.3, 0.4) is 0 Å². The zero-order valence-electron chi connectivity index (χ0n) is 13.3. The Hall–Kier alpha value is -1.55. The molecule has 116 valence electrons. The van der Waals surface area contributed by atoms with Crippen LogP contribution in [0.2, 0.25) is 0 Å². The van der Waals surface area contributed by atoms with Crippen molar-refractivity contribution >= 4 is 17.8 Å². The molecule has 0 spiro atoms. The normalized spacial score (nSPS) is 15.9. The molecular formula is C18H23N3S. The minimum atomic E-state index is 0.709. The van der Waals surface area contributed by atoms with Gasteiger partial charge in [0.15, 0.2) is 5.16 Å². The minimum absolute atomic E-state index is 0.709. The molecule has 0 aromatic carbocycles. The third-order valence-electron chi connectivity index (χ3n) is 4.11. The van der Waals surface area contributed by atoms with E-state index in [0.29, 0.717) is 5.25 Å². The van der Waals surface area contributed by atoms with E-state index in [0.717, 1.165) is 23.0 Å². The first-order chi connectivity index (χ1) is 10.8. The highest BCUT2D eigenvalue weighted by Crippen LogP contribution is 2.36. The molecule has 0 radical (unpaired) electrons. The van der Waals surface area contributed by atoms with Gasteiger partial charge in [-0.2, -0.15) is 0 Å². The van der Waals surface area contributed by atoms with Crippen molar-refractivity contribution in [2.45, 2.75) is 56.4 Å². The molecular weight excluding hydrogens is 290 g/mol. The number of pyridine rings is 1. The second kappa shape index (κ2) is 7.14. The van der Waals surface area contributed by atoms with Gasteiger partial charge in [0, 0.05) is 11.4 Å². The van der Waals surface area contributed by atoms with Crippen molar-refractivity contribution in [3.8, 4) is 5.69 Å². The van der Waals surface area contributed by atoms with Gasteiger partial charge in [-0.25, -0.2) is 4.98 Å². The van der Waals surface area contributed by atoms with Gasteiger partial charge in [0.25, 0.3) is 0 Å². The Morgan fingerprint density at radius 2 is 2.18 bits per heavy atom. The third kappa shape index (κ3) is 3.12. The van der Waals surface area contributed by atoms with E-state index in [1.54, 1.807) is 0 Å². The predicted molar refractivity (Wildman–Crippen MR) is 93.6 cm³/mol. The summed E-state index contributed by atoms with van der Waals surface area (Å²) in [6.45, 7) is 4.24. The molecule has 0 atom stereocenters. The van der Waals surface area contributed by atoms with Gasteiger partial charge in [-0.05, 0) is 44.4 Å². The van der Waals surface area contributed by atoms with E-state index < -0.39 is 0 Å². The lowest BCUT2D eigenvalue weighted by Crippen LogP contribution is -2.04. The van der Waals surface area contributed by atoms with Crippen LogP contribution in [0.15, 0.2) is 35.8 Å². The van der Waals surface area contributed by atoms with Crippen LogP contribution in [0.5, 0.6) is 0 Å². The maximum atomic E-state index is 4.92. The highest BCUT2D eigenvalue weighted by molar-refractivity contribution is 7.99. The first kappa shape index (κ1) is 15.3. The lowest BCUT2D eigenvalue weighted by molar-refractivity contribution is 0.820. The number of hydrogen-bond donors (Lipinski definition) is 0. The fourth-order valence-corrected chi connectivity index (χ4v) is 4.40. The Labute approximate surface area is 136 Å². The molecule has 1 saturated carbocycles. The van der Waals surface area contributed by atoms with Gasteiger partial charge in [-0.1, -0.05) is 37.6 Å². The molecule has 1 fully saturated rings. The van der Waals surface area contributed by atoms with Crippen LogP contribution < -0.4 is 0 Å². The third-order valence-corrected chi connectivity index (χ3v) is 5.40. The van der Waals surface area contributed by atoms with Crippen LogP contribution in [0, 0.1) is 0 Å². The molecule has 1 aliphatic carbocycles. The molecule has 0 aliphatic heterocycles. The standard InChI is InChI=1S/C18H23N3S/c1-3-8-16-17(4-2)21(14-9-7-12-19-13-14)18(20-16)22-15-10-5-6-11-15/h3,7-9,12-13,15H,4-6,10-11H2,1-2H3/b8-3+. The van der Waals surface area contributed by atoms with Crippen molar-refractivity contribution in [1.82, 2.24) is 14.5 Å². The Bertz CT molecular complexity index is 640. The van der Waals surface area contributed by atoms with Crippen LogP contribution in [0.25, 0.3) is 11.8 Å². The number of nitrogens with zero attached hydrogens (tertiary/aromatic N) is 3. The summed E-state index contributed by atoms with van der Waals surface area (Å²) in [4.78, 5) is 9.21. The summed E-state index contributed by atoms with van der Waals surface area (Å²) in [5.41, 5.74) is 3.48. The van der Waals surface area contributed by atoms with Crippen LogP contribution in [-0.2, 0) is 6.42 Å². The van der Waals surface area contributed by atoms with E-state index in [1.165, 1.54) is 31.4 Å². The lowest BCUT2D eigenvalue weighted by atomic mass is 10.2. The molecule has 22 heavy (non-hydrogen) atoms. The van der Waals surface area contributed by atoms with Gasteiger partial charge in [0.2, 0.25) is 0 Å². The smallest absolute Gasteiger partial charge is 0.173 e. The van der Waals surface area contributed by atoms with Crippen LogP contribution >= 0.6 is 11.8 Å². The zero-order chi connectivity index (χ0) is 15.4. The van der Waals surface area contributed by atoms with E-state index >= 15 is 0 Å². The number of hydrogen-bond acceptors (Lipinski definition) is 3. The van der Waals surface area contributed by atoms with E-state index in [-0.39, 0.29) is 0 Å². The van der Waals surface area contributed by atoms with Gasteiger partial charge in [-0.3, -0.25) is 9.55 Å². The molecule has 1 aliphatic rings. The summed E-state index contributed by atoms with van der Waals surface area (Å²) in [5.74, 6) is 0. The average Bonchev–Trinajstić information content (AvgIpc) is 3.16. The van der Waals surface area contributed by atoms with Crippen LogP contribution in [-0.4, -0.2) is 19.8 Å². The lowest BCUT2D eigenvalue weighted by Gasteiger charge is -2.13. The molecule has 0 unspecified atom stereocenters. The second-order valence-corrected chi connectivity index (χ2v) is 6.92. The monoisotopic (exact) mass is 313 g/mol. The molecule has 0 N–H and O–H groups in total. The predicted octanol–water partition coefficient (Wildman–Crippen LogP) is 4.90. The zero-order valence-corrected chi connectivity index (χ0v) is 14.1. The quantitative estimate of drug-likeness (QED) is 0.787. The first-order valence-corrected chi connectivity index (χ1v) is 9.02. The number of rotatable bonds is 5. The maximum absolute atomic E-state index is 4.92. The summed E-state index contributed by atoms with van der Waals surface area (Å²) < 4.78 is 2.30. The van der Waals surface area contributed by atoms with Gasteiger partial charge in [0.1, 0.15) is 0 Å². The van der Waals surface area contributed by atoms with E-state index in [4.69, 9.17) is 4.98 Å². The van der Waals surface area contributed by atoms with Crippen LogP contribution in [0.4, 0.5) is 0 Å². The minimum Gasteiger partial charge on any atom is -0.290 e. The topological polar surface area (TPSA) is 30.7 Å². The number of allylic oxidation sites excluding steroid dienone is 1. The summed E-state index contributed by atoms with van der Waals surface area (Å²) >= 11 is 1.94. The van der Waals surface area contributed by atoms with Crippen molar-refractivity contribution in [3.63, 3.8) is 0 Å². The Kier molecular flexibility index (Phi) is 4.98. The summed E-state index contributed by atoms with van der Waals surface area (Å²) in [6.07, 6.45) is 14.2. The fourth-order valence-electron chi connectivity index (χ4n) is 3.06. The number of aromatic nitrogens is 3. The van der Waals surface area contributed by atoms with Gasteiger partial charge < -0.3 is 0 Å². The SMILES string of the molecule is C/C=C/c1nc(SC2CCCC2)n(-c2cccnc2)c1CC. The van der Waals surface area contributed by atoms with Gasteiger partial charge >= 0.3 is 0 Å². The maximum Gasteiger partial charge on any atom is 0.173 e. The Balaban J connectivity index is 2.06. The molecule has 0 bridgehead atoms. The first-order valence-electron chi connectivity index (χ1n) is 8.14. The number of thioether (sulfide) groups is 1. The second-order valence-electron chi connectivity index (χ2n) is 5.65. The summed E-state index contributed by atoms with van der Waals surface area (Å²) in [7, 11) is 0. The summed E-state index contributed by atoms with van der Waals surface area (Å²) in [5, 5.41) is 1.82. The Morgan fingerprint density at radius 3 is 2.82 bits per heavy atom. The molecule has 4 heteroatoms. The van der Waals surface area contributed by atoms with Crippen molar-refractivity contribution in [2.75, 3.05) is 0 Å². The molecule has 2 aromatic rings. The molecule has 3 nitrogen and oxygen atoms in total. The van der Waals surface area contributed by atoms with E-state index in [2.05, 4.69) is 34.7 Å². The highest BCUT2D eigenvalue weighted by Gasteiger charge is 2.22. The van der Waals surface area contributed by atoms with Crippen molar-refractivity contribution in [2.24, 2.45) is 0 Å². The van der Waals surface area contributed by atoms with Crippen molar-refractivity contribution in [1.29, 1.82) is 0 Å². The molecule has 0 amide bonds. The van der Waals surface area contributed by atoms with Crippen molar-refractivity contribution in [3.05, 3.63) is 42.0 Å². The van der Waals surface area contributed by atoms with E-state index in [1.807, 2.05) is 37.1 Å². The van der Waals surface area contributed by atoms with Crippen LogP contribution in [0.1, 0.15) is 50.9 Å². The molecule has 2 heterocycles. The molecule has 0 saturated heterocycles.